The largest absolute Gasteiger partial charge is 0.504 e. The molecule has 13 atom stereocenters. The predicted octanol–water partition coefficient (Wildman–Crippen LogP) is 0.713. The van der Waals surface area contributed by atoms with Gasteiger partial charge in [0.1, 0.15) is 48.6 Å². The molecule has 0 bridgehead atoms. The lowest BCUT2D eigenvalue weighted by atomic mass is 9.98. The number of rotatable bonds is 28. The highest BCUT2D eigenvalue weighted by Crippen LogP contribution is 2.32. The Morgan fingerprint density at radius 3 is 1.96 bits per heavy atom. The zero-order valence-electron chi connectivity index (χ0n) is 57.1. The molecule has 8 amide bonds. The van der Waals surface area contributed by atoms with Crippen molar-refractivity contribution in [1.29, 1.82) is 0 Å². The number of carbonyl (C=O) groups is 8. The van der Waals surface area contributed by atoms with Crippen molar-refractivity contribution in [3.8, 4) is 17.2 Å². The van der Waals surface area contributed by atoms with E-state index in [2.05, 4.69) is 51.1 Å². The van der Waals surface area contributed by atoms with E-state index in [0.29, 0.717) is 38.3 Å². The Bertz CT molecular complexity index is 3400. The molecule has 0 saturated carbocycles. The number of hydrogen-bond donors (Lipinski definition) is 14. The molecule has 4 fully saturated rings. The maximum Gasteiger partial charge on any atom is 0.407 e. The number of carbonyl (C=O) groups excluding carboxylic acids is 8. The summed E-state index contributed by atoms with van der Waals surface area (Å²) in [6.45, 7) is 4.57. The number of hydrogen-bond acceptors (Lipinski definition) is 25. The molecule has 102 heavy (non-hydrogen) atoms. The van der Waals surface area contributed by atoms with E-state index in [1.807, 2.05) is 24.3 Å². The van der Waals surface area contributed by atoms with Gasteiger partial charge in [-0.25, -0.2) is 10.1 Å². The van der Waals surface area contributed by atoms with Crippen molar-refractivity contribution in [2.24, 2.45) is 5.92 Å². The lowest BCUT2D eigenvalue weighted by Crippen LogP contribution is -2.64. The number of phenolic OH excluding ortho intramolecular Hbond substituents is 1. The van der Waals surface area contributed by atoms with Crippen LogP contribution in [0.2, 0.25) is 0 Å². The zero-order chi connectivity index (χ0) is 73.4. The molecule has 0 radical (unpaired) electrons. The van der Waals surface area contributed by atoms with E-state index in [4.69, 9.17) is 23.7 Å². The van der Waals surface area contributed by atoms with Crippen molar-refractivity contribution in [2.45, 2.75) is 158 Å². The minimum absolute atomic E-state index is 0.0682. The minimum atomic E-state index is -2.18. The number of aliphatic hydroxyl groups is 6. The first-order chi connectivity index (χ1) is 49.0. The van der Waals surface area contributed by atoms with Crippen molar-refractivity contribution in [2.75, 3.05) is 82.5 Å². The fraction of sp³-hybridized carbons (Fsp3) is 0.536. The van der Waals surface area contributed by atoms with Gasteiger partial charge in [0.25, 0.3) is 18.2 Å². The Balaban J connectivity index is 1.02. The van der Waals surface area contributed by atoms with Crippen LogP contribution in [0, 0.1) is 5.92 Å². The summed E-state index contributed by atoms with van der Waals surface area (Å²) in [5.41, 5.74) is 2.68. The van der Waals surface area contributed by atoms with Crippen molar-refractivity contribution < 1.29 is 107 Å². The van der Waals surface area contributed by atoms with Crippen LogP contribution >= 0.6 is 12.3 Å². The smallest absolute Gasteiger partial charge is 0.407 e. The van der Waals surface area contributed by atoms with Crippen LogP contribution in [0.5, 0.6) is 17.2 Å². The predicted molar refractivity (Wildman–Crippen MR) is 368 cm³/mol. The number of ether oxygens (including phenoxy) is 3. The van der Waals surface area contributed by atoms with Crippen molar-refractivity contribution >= 4 is 71.1 Å². The molecule has 7 unspecified atom stereocenters. The highest BCUT2D eigenvalue weighted by atomic mass is 32.2. The second-order valence-electron chi connectivity index (χ2n) is 25.8. The third-order valence-corrected chi connectivity index (χ3v) is 18.7. The Morgan fingerprint density at radius 2 is 1.30 bits per heavy atom. The topological polar surface area (TPSA) is 439 Å². The molecule has 4 aromatic carbocycles. The Hall–Kier alpha value is -8.61. The molecular formula is C69H94N10O22S. The summed E-state index contributed by atoms with van der Waals surface area (Å²) >= 11 is 0.0682. The molecule has 4 heterocycles. The van der Waals surface area contributed by atoms with Crippen LogP contribution in [0.4, 0.5) is 16.2 Å². The number of amides is 8. The van der Waals surface area contributed by atoms with Gasteiger partial charge in [-0.05, 0) is 98.0 Å². The van der Waals surface area contributed by atoms with Gasteiger partial charge < -0.3 is 106 Å². The number of aliphatic hydroxyl groups excluding tert-OH is 6. The number of phenols is 1. The molecule has 4 aliphatic heterocycles. The van der Waals surface area contributed by atoms with Gasteiger partial charge in [-0.15, -0.1) is 0 Å². The van der Waals surface area contributed by atoms with Crippen LogP contribution in [0.25, 0.3) is 0 Å². The number of alkyl carbamates (subject to hydrolysis) is 1. The second-order valence-corrected chi connectivity index (χ2v) is 26.3. The Kier molecular flexibility index (Phi) is 30.4. The first-order valence-corrected chi connectivity index (χ1v) is 34.8. The summed E-state index contributed by atoms with van der Waals surface area (Å²) in [5.74, 6) is -8.78. The van der Waals surface area contributed by atoms with Gasteiger partial charge in [0.2, 0.25) is 35.4 Å². The van der Waals surface area contributed by atoms with Gasteiger partial charge in [-0.1, -0.05) is 78.4 Å². The number of fused-ring (bicyclic) bond motifs is 2. The normalized spacial score (nSPS) is 24.2. The first kappa shape index (κ1) is 79.1. The summed E-state index contributed by atoms with van der Waals surface area (Å²) < 4.78 is 25.8. The third-order valence-electron chi connectivity index (χ3n) is 18.3. The summed E-state index contributed by atoms with van der Waals surface area (Å²) in [4.78, 5) is 122. The fourth-order valence-corrected chi connectivity index (χ4v) is 12.9. The van der Waals surface area contributed by atoms with Crippen molar-refractivity contribution in [3.05, 3.63) is 114 Å². The van der Waals surface area contributed by atoms with Crippen molar-refractivity contribution in [1.82, 2.24) is 41.7 Å². The number of piperazine rings is 1. The second kappa shape index (κ2) is 39.2. The van der Waals surface area contributed by atoms with Crippen LogP contribution < -0.4 is 50.6 Å². The number of benzene rings is 4. The summed E-state index contributed by atoms with van der Waals surface area (Å²) in [6, 6.07) is 15.3. The quantitative estimate of drug-likeness (QED) is 0.0161. The summed E-state index contributed by atoms with van der Waals surface area (Å²) in [6.07, 6.45) is -7.10. The SMILES string of the molecule is COCCCCCCCCOc1ccc(N2CCN(c3ccc(C(=O)N[C@H]4C[C@H](O)CNC(=O)C5[C@@H](O)C(C)CN5C(=O)[C@H]([C@H](O)CCNC(=O)OCc5ccccc5)NC(=O)C([C@H](O)Cc5ccc(O)c(OSOOO)c5)NC(=O)C5CC(O)CN5C(=O)C(C(C)O)NC4=O)cc3)CC2)cc1. The van der Waals surface area contributed by atoms with Gasteiger partial charge in [-0.3, -0.25) is 33.6 Å². The van der Waals surface area contributed by atoms with E-state index in [0.717, 1.165) is 78.6 Å². The van der Waals surface area contributed by atoms with Gasteiger partial charge in [-0.2, -0.15) is 0 Å². The van der Waals surface area contributed by atoms with Crippen LogP contribution in [0.1, 0.15) is 93.1 Å². The van der Waals surface area contributed by atoms with Crippen molar-refractivity contribution in [3.63, 3.8) is 0 Å². The lowest BCUT2D eigenvalue weighted by molar-refractivity contribution is -0.433. The van der Waals surface area contributed by atoms with Crippen LogP contribution in [0.15, 0.2) is 97.1 Å². The lowest BCUT2D eigenvalue weighted by Gasteiger charge is -2.37. The van der Waals surface area contributed by atoms with E-state index < -0.39 is 177 Å². The van der Waals surface area contributed by atoms with E-state index in [1.54, 1.807) is 49.6 Å². The molecule has 32 nitrogen and oxygen atoms in total. The average molecular weight is 1450 g/mol. The molecule has 0 aliphatic carbocycles. The average Bonchev–Trinajstić information content (AvgIpc) is 1.62. The van der Waals surface area contributed by atoms with Crippen LogP contribution in [-0.4, -0.2) is 244 Å². The third kappa shape index (κ3) is 22.4. The highest BCUT2D eigenvalue weighted by molar-refractivity contribution is 7.90. The number of anilines is 2. The molecule has 558 valence electrons. The Labute approximate surface area is 594 Å². The highest BCUT2D eigenvalue weighted by Gasteiger charge is 2.50. The number of unbranched alkanes of at least 4 members (excludes halogenated alkanes) is 5. The van der Waals surface area contributed by atoms with E-state index in [9.17, 15) is 69.3 Å². The van der Waals surface area contributed by atoms with Crippen LogP contribution in [-0.2, 0) is 60.6 Å². The van der Waals surface area contributed by atoms with E-state index in [1.165, 1.54) is 37.6 Å². The number of nitrogens with one attached hydrogen (secondary N) is 6. The molecule has 0 spiro atoms. The van der Waals surface area contributed by atoms with Gasteiger partial charge >= 0.3 is 6.09 Å². The van der Waals surface area contributed by atoms with Crippen LogP contribution in [0.3, 0.4) is 0 Å². The molecule has 0 aromatic heterocycles. The number of methoxy groups -OCH3 is 1. The number of aromatic hydroxyl groups is 1. The molecule has 14 N–H and O–H groups in total. The number of β-amino-alcohol motifs (C(OH)–C–C–N with tert-alkyl or cyclic N) is 1. The van der Waals surface area contributed by atoms with Gasteiger partial charge in [0.05, 0.1) is 43.2 Å². The standard InChI is InChI=1S/C69H94N10O22S/c1-41-38-79-60(61(41)86)66(91)71-37-48(81)35-51(72-62(87)45-16-18-46(19-17-45)76-27-29-77(30-28-76)47-20-22-50(23-21-47)97-32-12-7-5-4-6-11-31-96-3)63(88)73-57(42(2)80)67(92)78-39-49(82)36-52(78)64(89)74-58(55(85)33-44-15-24-53(83)56(34-44)99-102-101-100-95)65(90)75-59(68(79)93)54(84)25-26-70-69(94)98-40-43-13-9-8-10-14-43/h8-10,13-24,34,41-42,48-49,51-52,54-55,57-61,80-86,95H,4-7,11-12,25-33,35-40H2,1-3H3,(H,70,94)(H,71,91)(H,72,87)(H,73,88)(H,74,89)(H,75,90)/t41?,42?,48-,49?,51-,52?,54+,55+,57?,58?,59-,60?,61-/m0/s1. The van der Waals surface area contributed by atoms with Gasteiger partial charge in [0, 0.05) is 108 Å². The Morgan fingerprint density at radius 1 is 0.676 bits per heavy atom. The fourth-order valence-electron chi connectivity index (χ4n) is 12.6. The first-order valence-electron chi connectivity index (χ1n) is 34.1. The summed E-state index contributed by atoms with van der Waals surface area (Å²) in [5, 5.41) is 107. The molecular weight excluding hydrogens is 1350 g/mol. The maximum absolute atomic E-state index is 15.1. The van der Waals surface area contributed by atoms with Gasteiger partial charge in [0.15, 0.2) is 11.5 Å². The molecule has 33 heteroatoms. The summed E-state index contributed by atoms with van der Waals surface area (Å²) in [7, 11) is 1.72. The molecule has 4 saturated heterocycles. The maximum atomic E-state index is 15.1. The zero-order valence-corrected chi connectivity index (χ0v) is 57.9. The van der Waals surface area contributed by atoms with E-state index in [-0.39, 0.29) is 42.4 Å². The number of nitrogens with zero attached hydrogens (tertiary/aromatic N) is 4. The molecule has 4 aromatic rings. The molecule has 8 rings (SSSR count). The molecule has 4 aliphatic rings. The monoisotopic (exact) mass is 1450 g/mol. The minimum Gasteiger partial charge on any atom is -0.504 e. The van der Waals surface area contributed by atoms with E-state index >= 15 is 4.79 Å².